The molecule has 1 aromatic rings. The Morgan fingerprint density at radius 3 is 2.31 bits per heavy atom. The van der Waals surface area contributed by atoms with Crippen molar-refractivity contribution in [3.05, 3.63) is 29.8 Å². The lowest BCUT2D eigenvalue weighted by molar-refractivity contribution is -0.139. The molecule has 0 fully saturated rings. The van der Waals surface area contributed by atoms with Gasteiger partial charge in [-0.2, -0.15) is 0 Å². The van der Waals surface area contributed by atoms with Gasteiger partial charge in [0.05, 0.1) is 0 Å². The van der Waals surface area contributed by atoms with E-state index in [0.29, 0.717) is 19.4 Å². The Bertz CT molecular complexity index is 673. The summed E-state index contributed by atoms with van der Waals surface area (Å²) in [7, 11) is 0. The summed E-state index contributed by atoms with van der Waals surface area (Å²) in [5, 5.41) is 14.2. The highest BCUT2D eigenvalue weighted by molar-refractivity contribution is 7.98. The lowest BCUT2D eigenvalue weighted by Gasteiger charge is -2.22. The number of amides is 2. The summed E-state index contributed by atoms with van der Waals surface area (Å²) in [6, 6.07) is 6.70. The van der Waals surface area contributed by atoms with Crippen molar-refractivity contribution in [2.24, 2.45) is 0 Å². The molecule has 0 unspecified atom stereocenters. The average molecular weight is 427 g/mol. The summed E-state index contributed by atoms with van der Waals surface area (Å²) in [5.41, 5.74) is 0.199. The fourth-order valence-electron chi connectivity index (χ4n) is 2.29. The summed E-state index contributed by atoms with van der Waals surface area (Å²) < 4.78 is 10.2. The Labute approximate surface area is 175 Å². The zero-order valence-electron chi connectivity index (χ0n) is 17.3. The highest BCUT2D eigenvalue weighted by atomic mass is 32.2. The number of carboxylic acids is 1. The lowest BCUT2D eigenvalue weighted by Crippen LogP contribution is -2.43. The van der Waals surface area contributed by atoms with Crippen LogP contribution in [-0.4, -0.2) is 47.7 Å². The Morgan fingerprint density at radius 2 is 1.76 bits per heavy atom. The zero-order chi connectivity index (χ0) is 21.9. The van der Waals surface area contributed by atoms with Crippen molar-refractivity contribution in [2.75, 3.05) is 12.8 Å². The van der Waals surface area contributed by atoms with Crippen molar-refractivity contribution >= 4 is 29.9 Å². The van der Waals surface area contributed by atoms with Gasteiger partial charge in [-0.25, -0.2) is 14.4 Å². The summed E-state index contributed by atoms with van der Waals surface area (Å²) >= 11 is 1.64. The van der Waals surface area contributed by atoms with Crippen LogP contribution in [0.5, 0.6) is 0 Å². The first-order chi connectivity index (χ1) is 13.6. The number of rotatable bonds is 10. The van der Waals surface area contributed by atoms with Crippen molar-refractivity contribution in [1.82, 2.24) is 10.6 Å². The number of alkyl carbamates (subject to hydrolysis) is 2. The predicted molar refractivity (Wildman–Crippen MR) is 111 cm³/mol. The lowest BCUT2D eigenvalue weighted by atomic mass is 10.1. The predicted octanol–water partition coefficient (Wildman–Crippen LogP) is 3.78. The van der Waals surface area contributed by atoms with Crippen LogP contribution in [0.3, 0.4) is 0 Å². The summed E-state index contributed by atoms with van der Waals surface area (Å²) in [5.74, 6) is -1.13. The molecule has 2 amide bonds. The maximum absolute atomic E-state index is 11.7. The minimum atomic E-state index is -1.13. The highest BCUT2D eigenvalue weighted by Crippen LogP contribution is 2.15. The van der Waals surface area contributed by atoms with E-state index in [1.54, 1.807) is 32.5 Å². The normalized spacial score (nSPS) is 12.0. The molecular formula is C20H30N2O6S. The number of benzene rings is 1. The number of ether oxygens (including phenoxy) is 2. The molecule has 9 heteroatoms. The maximum atomic E-state index is 11.7. The second-order valence-corrected chi connectivity index (χ2v) is 8.26. The molecule has 0 heterocycles. The van der Waals surface area contributed by atoms with Crippen LogP contribution in [0.25, 0.3) is 0 Å². The summed E-state index contributed by atoms with van der Waals surface area (Å²) in [4.78, 5) is 35.8. The second-order valence-electron chi connectivity index (χ2n) is 7.38. The maximum Gasteiger partial charge on any atom is 0.408 e. The van der Waals surface area contributed by atoms with Crippen LogP contribution in [0, 0.1) is 0 Å². The first-order valence-electron chi connectivity index (χ1n) is 9.36. The topological polar surface area (TPSA) is 114 Å². The Kier molecular flexibility index (Phi) is 10.4. The molecule has 0 aliphatic heterocycles. The number of unbranched alkanes of at least 4 members (excludes halogenated alkanes) is 1. The molecule has 1 aromatic carbocycles. The molecule has 1 rings (SSSR count). The number of aliphatic carboxylic acids is 1. The van der Waals surface area contributed by atoms with Gasteiger partial charge in [0.1, 0.15) is 18.2 Å². The van der Waals surface area contributed by atoms with E-state index in [1.165, 1.54) is 0 Å². The van der Waals surface area contributed by atoms with Crippen molar-refractivity contribution in [1.29, 1.82) is 0 Å². The summed E-state index contributed by atoms with van der Waals surface area (Å²) in [6.07, 6.45) is 1.98. The van der Waals surface area contributed by atoms with E-state index < -0.39 is 29.8 Å². The molecule has 1 atom stereocenters. The van der Waals surface area contributed by atoms with Gasteiger partial charge < -0.3 is 25.2 Å². The van der Waals surface area contributed by atoms with Gasteiger partial charge >= 0.3 is 18.2 Å². The average Bonchev–Trinajstić information content (AvgIpc) is 2.64. The number of hydrogen-bond donors (Lipinski definition) is 3. The molecule has 0 saturated heterocycles. The fourth-order valence-corrected chi connectivity index (χ4v) is 2.70. The number of hydrogen-bond acceptors (Lipinski definition) is 6. The van der Waals surface area contributed by atoms with Gasteiger partial charge in [-0.15, -0.1) is 11.8 Å². The van der Waals surface area contributed by atoms with Crippen LogP contribution in [0.2, 0.25) is 0 Å². The molecule has 0 bridgehead atoms. The zero-order valence-corrected chi connectivity index (χ0v) is 18.1. The molecule has 0 radical (unpaired) electrons. The number of thioether (sulfide) groups is 1. The monoisotopic (exact) mass is 426 g/mol. The number of nitrogens with one attached hydrogen (secondary N) is 2. The Balaban J connectivity index is 2.23. The molecule has 8 nitrogen and oxygen atoms in total. The number of carboxylic acid groups (broad SMARTS) is 1. The van der Waals surface area contributed by atoms with Crippen LogP contribution in [0.15, 0.2) is 29.2 Å². The molecule has 3 N–H and O–H groups in total. The highest BCUT2D eigenvalue weighted by Gasteiger charge is 2.23. The molecular weight excluding hydrogens is 396 g/mol. The van der Waals surface area contributed by atoms with E-state index >= 15 is 0 Å². The van der Waals surface area contributed by atoms with Crippen LogP contribution in [0.1, 0.15) is 45.6 Å². The van der Waals surface area contributed by atoms with E-state index in [2.05, 4.69) is 10.6 Å². The van der Waals surface area contributed by atoms with Crippen molar-refractivity contribution < 1.29 is 29.0 Å². The molecule has 0 aliphatic rings. The minimum Gasteiger partial charge on any atom is -0.480 e. The first kappa shape index (κ1) is 24.6. The standard InChI is InChI=1S/C20H30N2O6S/c1-20(2,3)28-19(26)22-16(17(23)24)7-5-6-12-21-18(25)27-13-14-8-10-15(29-4)11-9-14/h8-11,16H,5-7,12-13H2,1-4H3,(H,21,25)(H,22,26)(H,23,24)/t16-/m0/s1. The molecule has 0 spiro atoms. The van der Waals surface area contributed by atoms with Gasteiger partial charge in [0.15, 0.2) is 0 Å². The minimum absolute atomic E-state index is 0.182. The Hall–Kier alpha value is -2.42. The van der Waals surface area contributed by atoms with Crippen LogP contribution < -0.4 is 10.6 Å². The molecule has 0 aromatic heterocycles. The first-order valence-corrected chi connectivity index (χ1v) is 10.6. The number of carbonyl (C=O) groups excluding carboxylic acids is 2. The quantitative estimate of drug-likeness (QED) is 0.385. The van der Waals surface area contributed by atoms with Crippen LogP contribution in [-0.2, 0) is 20.9 Å². The second kappa shape index (κ2) is 12.2. The van der Waals surface area contributed by atoms with Gasteiger partial charge in [-0.1, -0.05) is 12.1 Å². The van der Waals surface area contributed by atoms with Gasteiger partial charge in [0.2, 0.25) is 0 Å². The van der Waals surface area contributed by atoms with E-state index in [1.807, 2.05) is 30.5 Å². The third-order valence-electron chi connectivity index (χ3n) is 3.71. The number of carbonyl (C=O) groups is 3. The SMILES string of the molecule is CSc1ccc(COC(=O)NCCCC[C@H](NC(=O)OC(C)(C)C)C(=O)O)cc1. The Morgan fingerprint density at radius 1 is 1.10 bits per heavy atom. The fraction of sp³-hybridized carbons (Fsp3) is 0.550. The van der Waals surface area contributed by atoms with E-state index in [-0.39, 0.29) is 13.0 Å². The van der Waals surface area contributed by atoms with E-state index in [4.69, 9.17) is 9.47 Å². The van der Waals surface area contributed by atoms with E-state index in [9.17, 15) is 19.5 Å². The van der Waals surface area contributed by atoms with Crippen LogP contribution in [0.4, 0.5) is 9.59 Å². The smallest absolute Gasteiger partial charge is 0.408 e. The summed E-state index contributed by atoms with van der Waals surface area (Å²) in [6.45, 7) is 5.63. The van der Waals surface area contributed by atoms with Crippen LogP contribution >= 0.6 is 11.8 Å². The molecule has 29 heavy (non-hydrogen) atoms. The van der Waals surface area contributed by atoms with Gasteiger partial charge in [0, 0.05) is 11.4 Å². The molecule has 162 valence electrons. The van der Waals surface area contributed by atoms with Gasteiger partial charge in [-0.3, -0.25) is 0 Å². The largest absolute Gasteiger partial charge is 0.480 e. The van der Waals surface area contributed by atoms with Gasteiger partial charge in [0.25, 0.3) is 0 Å². The van der Waals surface area contributed by atoms with Crippen molar-refractivity contribution in [3.8, 4) is 0 Å². The molecule has 0 saturated carbocycles. The third-order valence-corrected chi connectivity index (χ3v) is 4.45. The van der Waals surface area contributed by atoms with Crippen molar-refractivity contribution in [3.63, 3.8) is 0 Å². The van der Waals surface area contributed by atoms with Crippen molar-refractivity contribution in [2.45, 2.75) is 63.2 Å². The van der Waals surface area contributed by atoms with E-state index in [0.717, 1.165) is 10.5 Å². The molecule has 0 aliphatic carbocycles. The third kappa shape index (κ3) is 11.2. The van der Waals surface area contributed by atoms with Gasteiger partial charge in [-0.05, 0) is 64.0 Å².